The normalized spacial score (nSPS) is 13.6. The number of nitrogens with one attached hydrogen (secondary N) is 2. The van der Waals surface area contributed by atoms with Crippen LogP contribution >= 0.6 is 11.6 Å². The van der Waals surface area contributed by atoms with E-state index < -0.39 is 11.7 Å². The number of hydrogen-bond donors (Lipinski definition) is 2. The molecule has 0 aliphatic carbocycles. The van der Waals surface area contributed by atoms with Gasteiger partial charge in [0, 0.05) is 46.0 Å². The number of Topliss-reactive ketones (excluding diaryl/α,β-unsaturated/α-hetero) is 1. The quantitative estimate of drug-likeness (QED) is 0.308. The lowest BCUT2D eigenvalue weighted by atomic mass is 10.1. The molecule has 1 aliphatic rings. The molecule has 10 nitrogen and oxygen atoms in total. The number of hydrogen-bond acceptors (Lipinski definition) is 8. The Bertz CT molecular complexity index is 1340. The molecule has 1 fully saturated rings. The summed E-state index contributed by atoms with van der Waals surface area (Å²) in [6.07, 6.45) is 1.80. The largest absolute Gasteiger partial charge is 0.342 e. The molecule has 0 bridgehead atoms. The number of ketones is 1. The topological polar surface area (TPSA) is 111 Å². The molecule has 4 rings (SSSR count). The van der Waals surface area contributed by atoms with Gasteiger partial charge in [0.2, 0.25) is 11.9 Å². The van der Waals surface area contributed by atoms with Crippen LogP contribution in [0, 0.1) is 0 Å². The van der Waals surface area contributed by atoms with E-state index in [1.807, 2.05) is 29.2 Å². The first-order valence-electron chi connectivity index (χ1n) is 12.8. The molecule has 2 N–H and O–H groups in total. The number of halogens is 1. The van der Waals surface area contributed by atoms with Gasteiger partial charge in [0.05, 0.1) is 23.9 Å². The van der Waals surface area contributed by atoms with E-state index in [2.05, 4.69) is 32.4 Å². The molecule has 2 amide bonds. The molecule has 1 saturated heterocycles. The number of carbonyl (C=O) groups excluding carboxylic acids is 3. The molecule has 0 spiro atoms. The van der Waals surface area contributed by atoms with Gasteiger partial charge in [-0.3, -0.25) is 14.4 Å². The highest BCUT2D eigenvalue weighted by atomic mass is 35.5. The van der Waals surface area contributed by atoms with Crippen molar-refractivity contribution < 1.29 is 14.4 Å². The molecule has 11 heteroatoms. The molecule has 3 aromatic rings. The molecule has 2 aromatic carbocycles. The van der Waals surface area contributed by atoms with E-state index >= 15 is 0 Å². The van der Waals surface area contributed by atoms with Crippen LogP contribution in [0.1, 0.15) is 22.8 Å². The van der Waals surface area contributed by atoms with Gasteiger partial charge in [0.25, 0.3) is 11.7 Å². The van der Waals surface area contributed by atoms with Gasteiger partial charge >= 0.3 is 0 Å². The van der Waals surface area contributed by atoms with Crippen molar-refractivity contribution in [1.82, 2.24) is 24.7 Å². The summed E-state index contributed by atoms with van der Waals surface area (Å²) < 4.78 is 0. The van der Waals surface area contributed by atoms with Crippen molar-refractivity contribution in [1.29, 1.82) is 0 Å². The van der Waals surface area contributed by atoms with Gasteiger partial charge < -0.3 is 25.3 Å². The highest BCUT2D eigenvalue weighted by Crippen LogP contribution is 2.27. The van der Waals surface area contributed by atoms with Crippen LogP contribution in [-0.2, 0) is 16.0 Å². The van der Waals surface area contributed by atoms with Crippen molar-refractivity contribution in [3.63, 3.8) is 0 Å². The zero-order valence-corrected chi connectivity index (χ0v) is 23.0. The summed E-state index contributed by atoms with van der Waals surface area (Å²) in [4.78, 5) is 51.8. The highest BCUT2D eigenvalue weighted by Gasteiger charge is 2.22. The van der Waals surface area contributed by atoms with Crippen molar-refractivity contribution in [2.45, 2.75) is 13.3 Å². The average Bonchev–Trinajstić information content (AvgIpc) is 2.95. The summed E-state index contributed by atoms with van der Waals surface area (Å²) in [6.45, 7) is 6.51. The first-order chi connectivity index (χ1) is 18.7. The van der Waals surface area contributed by atoms with Crippen LogP contribution in [0.5, 0.6) is 0 Å². The number of nitrogens with zero attached hydrogens (tertiary/aromatic N) is 5. The summed E-state index contributed by atoms with van der Waals surface area (Å²) in [5.41, 5.74) is 2.27. The monoisotopic (exact) mass is 549 g/mol. The van der Waals surface area contributed by atoms with Crippen LogP contribution in [0.15, 0.2) is 54.7 Å². The van der Waals surface area contributed by atoms with E-state index in [0.29, 0.717) is 12.1 Å². The van der Waals surface area contributed by atoms with Crippen LogP contribution < -0.4 is 10.6 Å². The summed E-state index contributed by atoms with van der Waals surface area (Å²) in [5.74, 6) is -0.586. The summed E-state index contributed by atoms with van der Waals surface area (Å²) in [5, 5.41) is 6.43. The molecule has 39 heavy (non-hydrogen) atoms. The lowest BCUT2D eigenvalue weighted by Gasteiger charge is -2.34. The van der Waals surface area contributed by atoms with Gasteiger partial charge in [-0.1, -0.05) is 42.8 Å². The Morgan fingerprint density at radius 2 is 1.67 bits per heavy atom. The van der Waals surface area contributed by atoms with Crippen molar-refractivity contribution in [3.05, 3.63) is 70.9 Å². The average molecular weight is 550 g/mol. The minimum Gasteiger partial charge on any atom is -0.342 e. The van der Waals surface area contributed by atoms with Gasteiger partial charge in [-0.2, -0.15) is 4.98 Å². The SMILES string of the molecule is CCN1CCN(C(=O)Cc2ccc(Nc3ncc(Cl)c(Nc4ccccc4C(=O)C(=O)N(C)C)n3)cc2)CC1. The Kier molecular flexibility index (Phi) is 9.11. The molecule has 0 unspecified atom stereocenters. The van der Waals surface area contributed by atoms with E-state index in [1.54, 1.807) is 24.3 Å². The summed E-state index contributed by atoms with van der Waals surface area (Å²) in [7, 11) is 3.04. The predicted octanol–water partition coefficient (Wildman–Crippen LogP) is 3.59. The van der Waals surface area contributed by atoms with Gasteiger partial charge in [-0.05, 0) is 36.4 Å². The Labute approximate surface area is 233 Å². The van der Waals surface area contributed by atoms with Crippen LogP contribution in [0.25, 0.3) is 0 Å². The van der Waals surface area contributed by atoms with Crippen molar-refractivity contribution >= 4 is 52.3 Å². The second-order valence-corrected chi connectivity index (χ2v) is 9.81. The number of para-hydroxylation sites is 1. The Morgan fingerprint density at radius 3 is 2.33 bits per heavy atom. The van der Waals surface area contributed by atoms with Crippen LogP contribution in [-0.4, -0.2) is 89.1 Å². The van der Waals surface area contributed by atoms with E-state index in [-0.39, 0.29) is 28.3 Å². The zero-order valence-electron chi connectivity index (χ0n) is 22.3. The number of aromatic nitrogens is 2. The number of rotatable bonds is 9. The molecular weight excluding hydrogens is 518 g/mol. The molecule has 2 heterocycles. The van der Waals surface area contributed by atoms with Crippen molar-refractivity contribution in [2.75, 3.05) is 57.5 Å². The number of amides is 2. The molecule has 204 valence electrons. The number of piperazine rings is 1. The molecule has 0 atom stereocenters. The molecule has 0 radical (unpaired) electrons. The number of benzene rings is 2. The van der Waals surface area contributed by atoms with Gasteiger partial charge in [-0.15, -0.1) is 0 Å². The number of anilines is 4. The first-order valence-corrected chi connectivity index (χ1v) is 13.1. The fourth-order valence-electron chi connectivity index (χ4n) is 4.19. The van der Waals surface area contributed by atoms with Crippen LogP contribution in [0.2, 0.25) is 5.02 Å². The number of likely N-dealkylation sites (N-methyl/N-ethyl adjacent to an activating group) is 2. The van der Waals surface area contributed by atoms with E-state index in [1.165, 1.54) is 25.2 Å². The Hall–Kier alpha value is -4.02. The second-order valence-electron chi connectivity index (χ2n) is 9.40. The third kappa shape index (κ3) is 7.10. The number of carbonyl (C=O) groups is 3. The zero-order chi connectivity index (χ0) is 27.9. The Morgan fingerprint density at radius 1 is 0.974 bits per heavy atom. The first kappa shape index (κ1) is 28.0. The van der Waals surface area contributed by atoms with E-state index in [9.17, 15) is 14.4 Å². The van der Waals surface area contributed by atoms with Gasteiger partial charge in [0.15, 0.2) is 5.82 Å². The van der Waals surface area contributed by atoms with Crippen molar-refractivity contribution in [2.24, 2.45) is 0 Å². The summed E-state index contributed by atoms with van der Waals surface area (Å²) >= 11 is 6.33. The van der Waals surface area contributed by atoms with Crippen molar-refractivity contribution in [3.8, 4) is 0 Å². The molecule has 0 saturated carbocycles. The van der Waals surface area contributed by atoms with E-state index in [0.717, 1.165) is 44.0 Å². The third-order valence-corrected chi connectivity index (χ3v) is 6.78. The smallest absolute Gasteiger partial charge is 0.294 e. The Balaban J connectivity index is 1.42. The minimum atomic E-state index is -0.645. The fourth-order valence-corrected chi connectivity index (χ4v) is 4.32. The fraction of sp³-hybridized carbons (Fsp3) is 0.321. The second kappa shape index (κ2) is 12.7. The molecule has 1 aromatic heterocycles. The molecular formula is C28H32ClN7O3. The maximum Gasteiger partial charge on any atom is 0.294 e. The lowest BCUT2D eigenvalue weighted by Crippen LogP contribution is -2.48. The third-order valence-electron chi connectivity index (χ3n) is 6.51. The van der Waals surface area contributed by atoms with E-state index in [4.69, 9.17) is 11.6 Å². The summed E-state index contributed by atoms with van der Waals surface area (Å²) in [6, 6.07) is 14.2. The maximum absolute atomic E-state index is 12.7. The van der Waals surface area contributed by atoms with Crippen LogP contribution in [0.3, 0.4) is 0 Å². The highest BCUT2D eigenvalue weighted by molar-refractivity contribution is 6.43. The lowest BCUT2D eigenvalue weighted by molar-refractivity contribution is -0.132. The predicted molar refractivity (Wildman–Crippen MR) is 152 cm³/mol. The maximum atomic E-state index is 12.7. The van der Waals surface area contributed by atoms with Crippen LogP contribution in [0.4, 0.5) is 23.1 Å². The standard InChI is InChI=1S/C28H32ClN7O3/c1-4-35-13-15-36(16-14-35)24(37)17-19-9-11-20(12-10-19)31-28-30-18-22(29)26(33-28)32-23-8-6-5-7-21(23)25(38)27(39)34(2)3/h5-12,18H,4,13-17H2,1-3H3,(H2,30,31,32,33). The molecule has 1 aliphatic heterocycles. The van der Waals surface area contributed by atoms with Gasteiger partial charge in [0.1, 0.15) is 5.02 Å². The minimum absolute atomic E-state index is 0.134. The van der Waals surface area contributed by atoms with Gasteiger partial charge in [-0.25, -0.2) is 4.98 Å².